The van der Waals surface area contributed by atoms with Crippen LogP contribution in [-0.4, -0.2) is 99.8 Å². The summed E-state index contributed by atoms with van der Waals surface area (Å²) in [7, 11) is 1.50. The number of aliphatic hydroxyl groups is 6. The molecule has 0 aromatic heterocycles. The maximum Gasteiger partial charge on any atom is 0.0572 e. The van der Waals surface area contributed by atoms with E-state index in [0.29, 0.717) is 25.7 Å². The van der Waals surface area contributed by atoms with Crippen LogP contribution < -0.4 is 16.7 Å². The maximum absolute atomic E-state index is 9.37. The van der Waals surface area contributed by atoms with E-state index < -0.39 is 62.6 Å². The van der Waals surface area contributed by atoms with E-state index in [1.807, 2.05) is 11.0 Å². The summed E-state index contributed by atoms with van der Waals surface area (Å²) in [5, 5.41) is 74.6. The molecule has 0 rings (SSSR count). The number of nitrogens with one attached hydrogen (secondary N) is 2. The highest BCUT2D eigenvalue weighted by molar-refractivity contribution is 4.90. The first kappa shape index (κ1) is 27.8. The zero-order valence-electron chi connectivity index (χ0n) is 15.4. The molecule has 0 heterocycles. The van der Waals surface area contributed by atoms with Crippen LogP contribution >= 0.6 is 0 Å². The average molecular weight is 387 g/mol. The van der Waals surface area contributed by atoms with Gasteiger partial charge in [-0.15, -0.1) is 0 Å². The summed E-state index contributed by atoms with van der Waals surface area (Å²) in [4.78, 5) is 0. The molecular formula is C15H37N3O8. The van der Waals surface area contributed by atoms with Crippen LogP contribution in [-0.2, 0) is 0 Å². The third-order valence-electron chi connectivity index (χ3n) is 4.92. The zero-order chi connectivity index (χ0) is 20.6. The lowest BCUT2D eigenvalue weighted by Gasteiger charge is -2.36. The van der Waals surface area contributed by atoms with Gasteiger partial charge in [0.15, 0.2) is 0 Å². The Hall–Kier alpha value is -0.440. The smallest absolute Gasteiger partial charge is 0.0572 e. The second-order valence-corrected chi connectivity index (χ2v) is 6.32. The van der Waals surface area contributed by atoms with Crippen molar-refractivity contribution in [3.05, 3.63) is 0 Å². The van der Waals surface area contributed by atoms with Crippen molar-refractivity contribution in [1.82, 2.24) is 11.0 Å². The second kappa shape index (κ2) is 15.6. The first-order chi connectivity index (χ1) is 12.5. The molecule has 0 fully saturated rings. The fourth-order valence-electron chi connectivity index (χ4n) is 2.67. The number of hydrogen-bond acceptors (Lipinski definition) is 11. The van der Waals surface area contributed by atoms with E-state index in [4.69, 9.17) is 0 Å². The van der Waals surface area contributed by atoms with E-state index >= 15 is 0 Å². The predicted molar refractivity (Wildman–Crippen MR) is 93.4 cm³/mol. The third-order valence-corrected chi connectivity index (χ3v) is 4.92. The monoisotopic (exact) mass is 387 g/mol. The van der Waals surface area contributed by atoms with Gasteiger partial charge < -0.3 is 46.8 Å². The molecule has 0 radical (unpaired) electrons. The molecule has 0 saturated carbocycles. The Balaban J connectivity index is 0. The Labute approximate surface area is 154 Å². The molecule has 0 aliphatic carbocycles. The lowest BCUT2D eigenvalue weighted by molar-refractivity contribution is -0.0638. The maximum atomic E-state index is 9.37. The summed E-state index contributed by atoms with van der Waals surface area (Å²) in [6, 6.07) is -1.48. The highest BCUT2D eigenvalue weighted by atomic mass is 16.5. The van der Waals surface area contributed by atoms with Gasteiger partial charge in [0.25, 0.3) is 0 Å². The van der Waals surface area contributed by atoms with Gasteiger partial charge in [0, 0.05) is 12.1 Å². The van der Waals surface area contributed by atoms with Crippen molar-refractivity contribution >= 4 is 0 Å². The Kier molecular flexibility index (Phi) is 16.7. The van der Waals surface area contributed by atoms with Gasteiger partial charge in [0.05, 0.1) is 50.5 Å². The van der Waals surface area contributed by atoms with Gasteiger partial charge >= 0.3 is 0 Å². The molecule has 0 aromatic carbocycles. The highest BCUT2D eigenvalue weighted by Gasteiger charge is 2.39. The fourth-order valence-corrected chi connectivity index (χ4v) is 2.67. The van der Waals surface area contributed by atoms with Gasteiger partial charge in [-0.1, -0.05) is 12.8 Å². The van der Waals surface area contributed by atoms with Crippen LogP contribution in [0.2, 0.25) is 0 Å². The molecule has 160 valence electrons. The molecule has 0 aliphatic heterocycles. The molecule has 11 nitrogen and oxygen atoms in total. The highest BCUT2D eigenvalue weighted by Crippen LogP contribution is 2.27. The van der Waals surface area contributed by atoms with Crippen molar-refractivity contribution < 1.29 is 41.1 Å². The summed E-state index contributed by atoms with van der Waals surface area (Å²) >= 11 is 0. The predicted octanol–water partition coefficient (Wildman–Crippen LogP) is -3.26. The van der Waals surface area contributed by atoms with E-state index in [-0.39, 0.29) is 0 Å². The molecule has 11 heteroatoms. The van der Waals surface area contributed by atoms with Crippen molar-refractivity contribution in [2.24, 2.45) is 16.6 Å². The van der Waals surface area contributed by atoms with Gasteiger partial charge in [-0.25, -0.2) is 11.0 Å². The molecule has 0 aliphatic rings. The second-order valence-electron chi connectivity index (χ2n) is 6.32. The van der Waals surface area contributed by atoms with Crippen LogP contribution in [0.5, 0.6) is 0 Å². The number of aliphatic hydroxyl groups excluding tert-OH is 6. The Bertz CT molecular complexity index is 271. The third kappa shape index (κ3) is 7.29. The van der Waals surface area contributed by atoms with E-state index in [2.05, 4.69) is 5.73 Å². The standard InChI is InChI=1S/C14H32N2O8.CH5N/c17-5-13(6-18,7-19)11(15-23)3-1-2-4-12(16-24)14(8-20,9-21)10-22;1-2/h11-12,15-24H,1-10H2;2H2,1H3. The van der Waals surface area contributed by atoms with Gasteiger partial charge in [-0.05, 0) is 19.9 Å². The quantitative estimate of drug-likeness (QED) is 0.0991. The molecule has 0 saturated heterocycles. The number of unbranched alkanes of at least 4 members (excludes halogenated alkanes) is 1. The lowest BCUT2D eigenvalue weighted by atomic mass is 9.78. The topological polar surface area (TPSA) is 212 Å². The summed E-state index contributed by atoms with van der Waals surface area (Å²) in [6.45, 7) is -3.07. The molecule has 12 N–H and O–H groups in total. The van der Waals surface area contributed by atoms with Crippen LogP contribution in [0.25, 0.3) is 0 Å². The Morgan fingerprint density at radius 1 is 0.615 bits per heavy atom. The Morgan fingerprint density at radius 2 is 0.846 bits per heavy atom. The van der Waals surface area contributed by atoms with E-state index in [9.17, 15) is 41.1 Å². The summed E-state index contributed by atoms with van der Waals surface area (Å²) in [6.07, 6.45) is 1.63. The molecule has 0 bridgehead atoms. The van der Waals surface area contributed by atoms with Crippen molar-refractivity contribution in [3.8, 4) is 0 Å². The van der Waals surface area contributed by atoms with E-state index in [0.717, 1.165) is 0 Å². The Morgan fingerprint density at radius 3 is 1.00 bits per heavy atom. The van der Waals surface area contributed by atoms with Gasteiger partial charge in [0.2, 0.25) is 0 Å². The SMILES string of the molecule is CN.OCC(CO)(CO)C(CCCCC(NO)C(CO)(CO)CO)NO. The molecule has 0 aromatic rings. The van der Waals surface area contributed by atoms with Crippen LogP contribution in [0.4, 0.5) is 0 Å². The van der Waals surface area contributed by atoms with Crippen LogP contribution in [0.15, 0.2) is 0 Å². The first-order valence-electron chi connectivity index (χ1n) is 8.51. The summed E-state index contributed by atoms with van der Waals surface area (Å²) < 4.78 is 0. The summed E-state index contributed by atoms with van der Waals surface area (Å²) in [5.41, 5.74) is 5.95. The van der Waals surface area contributed by atoms with Gasteiger partial charge in [0.1, 0.15) is 0 Å². The largest absolute Gasteiger partial charge is 0.396 e. The zero-order valence-corrected chi connectivity index (χ0v) is 15.4. The minimum Gasteiger partial charge on any atom is -0.396 e. The van der Waals surface area contributed by atoms with Gasteiger partial charge in [-0.3, -0.25) is 0 Å². The minimum absolute atomic E-state index is 0.320. The minimum atomic E-state index is -1.27. The average Bonchev–Trinajstić information content (AvgIpc) is 2.72. The lowest BCUT2D eigenvalue weighted by Crippen LogP contribution is -2.52. The molecular weight excluding hydrogens is 350 g/mol. The van der Waals surface area contributed by atoms with Gasteiger partial charge in [-0.2, -0.15) is 0 Å². The molecule has 0 amide bonds. The van der Waals surface area contributed by atoms with Crippen molar-refractivity contribution in [2.45, 2.75) is 37.8 Å². The van der Waals surface area contributed by atoms with E-state index in [1.165, 1.54) is 7.05 Å². The molecule has 2 atom stereocenters. The van der Waals surface area contributed by atoms with Crippen LogP contribution in [0.1, 0.15) is 25.7 Å². The number of rotatable bonds is 15. The van der Waals surface area contributed by atoms with Crippen molar-refractivity contribution in [2.75, 3.05) is 46.7 Å². The molecule has 26 heavy (non-hydrogen) atoms. The normalized spacial score (nSPS) is 14.5. The number of nitrogens with two attached hydrogens (primary N) is 1. The fraction of sp³-hybridized carbons (Fsp3) is 1.00. The summed E-state index contributed by atoms with van der Waals surface area (Å²) in [5.74, 6) is 0. The van der Waals surface area contributed by atoms with Crippen LogP contribution in [0.3, 0.4) is 0 Å². The first-order valence-corrected chi connectivity index (χ1v) is 8.51. The van der Waals surface area contributed by atoms with Crippen LogP contribution in [0, 0.1) is 10.8 Å². The van der Waals surface area contributed by atoms with Crippen molar-refractivity contribution in [1.29, 1.82) is 0 Å². The molecule has 0 spiro atoms. The van der Waals surface area contributed by atoms with E-state index in [1.54, 1.807) is 0 Å². The molecule has 2 unspecified atom stereocenters. The number of hydrogen-bond donors (Lipinski definition) is 11. The number of hydroxylamine groups is 2. The van der Waals surface area contributed by atoms with Crippen molar-refractivity contribution in [3.63, 3.8) is 0 Å².